The van der Waals surface area contributed by atoms with Gasteiger partial charge in [0.05, 0.1) is 5.54 Å². The molecule has 4 aliphatic rings. The van der Waals surface area contributed by atoms with Crippen molar-refractivity contribution in [2.24, 2.45) is 11.8 Å². The van der Waals surface area contributed by atoms with Crippen molar-refractivity contribution in [3.05, 3.63) is 31.1 Å². The van der Waals surface area contributed by atoms with Crippen LogP contribution in [0.2, 0.25) is 0 Å². The molecule has 0 spiro atoms. The SMILES string of the molecule is c1cnc(NC23C[C@H]4C[C@H](C2)CC(n2cncn2)(C4)C3)nc1. The molecule has 4 saturated carbocycles. The first kappa shape index (κ1) is 12.6. The largest absolute Gasteiger partial charge is 0.349 e. The summed E-state index contributed by atoms with van der Waals surface area (Å²) >= 11 is 0. The minimum atomic E-state index is 0.122. The second-order valence-electron chi connectivity index (χ2n) is 7.50. The van der Waals surface area contributed by atoms with Crippen LogP contribution < -0.4 is 5.32 Å². The summed E-state index contributed by atoms with van der Waals surface area (Å²) in [5.41, 5.74) is 0.264. The van der Waals surface area contributed by atoms with Gasteiger partial charge in [0.2, 0.25) is 5.95 Å². The quantitative estimate of drug-likeness (QED) is 0.940. The molecule has 0 aromatic carbocycles. The Balaban J connectivity index is 1.52. The average Bonchev–Trinajstić information content (AvgIpc) is 3.01. The molecule has 0 amide bonds. The first-order chi connectivity index (χ1) is 10.8. The highest BCUT2D eigenvalue weighted by Crippen LogP contribution is 2.60. The lowest BCUT2D eigenvalue weighted by molar-refractivity contribution is -0.0560. The highest BCUT2D eigenvalue weighted by Gasteiger charge is 2.59. The monoisotopic (exact) mass is 296 g/mol. The van der Waals surface area contributed by atoms with Gasteiger partial charge in [-0.2, -0.15) is 5.10 Å². The summed E-state index contributed by atoms with van der Waals surface area (Å²) in [5, 5.41) is 8.18. The molecule has 4 bridgehead atoms. The van der Waals surface area contributed by atoms with Crippen molar-refractivity contribution in [3.63, 3.8) is 0 Å². The molecule has 2 heterocycles. The highest BCUT2D eigenvalue weighted by atomic mass is 15.4. The van der Waals surface area contributed by atoms with E-state index in [0.29, 0.717) is 0 Å². The molecule has 0 unspecified atom stereocenters. The number of nitrogens with zero attached hydrogens (tertiary/aromatic N) is 5. The molecule has 6 rings (SSSR count). The van der Waals surface area contributed by atoms with Gasteiger partial charge in [-0.3, -0.25) is 0 Å². The van der Waals surface area contributed by atoms with Gasteiger partial charge in [0.1, 0.15) is 12.7 Å². The standard InChI is InChI=1S/C16H20N6/c1-2-18-14(19-3-1)21-15-5-12-4-13(6-15)8-16(7-12,9-15)22-11-17-10-20-22/h1-3,10-13H,4-9H2,(H,18,19,21)/t12-,13-,15?,16?/m1/s1. The molecule has 0 aliphatic heterocycles. The summed E-state index contributed by atoms with van der Waals surface area (Å²) < 4.78 is 2.13. The predicted octanol–water partition coefficient (Wildman–Crippen LogP) is 2.23. The third-order valence-electron chi connectivity index (χ3n) is 5.88. The minimum absolute atomic E-state index is 0.122. The van der Waals surface area contributed by atoms with E-state index in [1.165, 1.54) is 32.1 Å². The zero-order chi connectivity index (χ0) is 14.6. The molecule has 4 aliphatic carbocycles. The molecule has 1 N–H and O–H groups in total. The lowest BCUT2D eigenvalue weighted by atomic mass is 9.50. The maximum Gasteiger partial charge on any atom is 0.223 e. The Morgan fingerprint density at radius 2 is 1.86 bits per heavy atom. The molecular formula is C16H20N6. The smallest absolute Gasteiger partial charge is 0.223 e. The number of hydrogen-bond acceptors (Lipinski definition) is 5. The summed E-state index contributed by atoms with van der Waals surface area (Å²) in [4.78, 5) is 13.0. The summed E-state index contributed by atoms with van der Waals surface area (Å²) in [6, 6.07) is 1.86. The molecular weight excluding hydrogens is 276 g/mol. The van der Waals surface area contributed by atoms with Crippen LogP contribution in [0.1, 0.15) is 38.5 Å². The van der Waals surface area contributed by atoms with Gasteiger partial charge in [0.15, 0.2) is 0 Å². The van der Waals surface area contributed by atoms with E-state index >= 15 is 0 Å². The van der Waals surface area contributed by atoms with Gasteiger partial charge in [0.25, 0.3) is 0 Å². The molecule has 0 saturated heterocycles. The summed E-state index contributed by atoms with van der Waals surface area (Å²) in [5.74, 6) is 2.32. The van der Waals surface area contributed by atoms with Gasteiger partial charge in [0, 0.05) is 17.9 Å². The van der Waals surface area contributed by atoms with Gasteiger partial charge in [-0.25, -0.2) is 19.6 Å². The predicted molar refractivity (Wildman–Crippen MR) is 81.1 cm³/mol. The van der Waals surface area contributed by atoms with Gasteiger partial charge in [-0.1, -0.05) is 0 Å². The first-order valence-corrected chi connectivity index (χ1v) is 8.16. The number of aromatic nitrogens is 5. The van der Waals surface area contributed by atoms with Crippen molar-refractivity contribution >= 4 is 5.95 Å². The lowest BCUT2D eigenvalue weighted by Gasteiger charge is -2.61. The van der Waals surface area contributed by atoms with E-state index in [4.69, 9.17) is 0 Å². The van der Waals surface area contributed by atoms with E-state index in [-0.39, 0.29) is 11.1 Å². The molecule has 22 heavy (non-hydrogen) atoms. The molecule has 2 aromatic rings. The second kappa shape index (κ2) is 4.27. The fourth-order valence-corrected chi connectivity index (χ4v) is 5.68. The third-order valence-corrected chi connectivity index (χ3v) is 5.88. The van der Waals surface area contributed by atoms with Crippen molar-refractivity contribution in [1.82, 2.24) is 24.7 Å². The molecule has 114 valence electrons. The van der Waals surface area contributed by atoms with Gasteiger partial charge in [-0.15, -0.1) is 0 Å². The van der Waals surface area contributed by atoms with Crippen LogP contribution in [0.4, 0.5) is 5.95 Å². The summed E-state index contributed by atoms with van der Waals surface area (Å²) in [6.45, 7) is 0. The van der Waals surface area contributed by atoms with E-state index in [1.807, 2.05) is 24.8 Å². The fourth-order valence-electron chi connectivity index (χ4n) is 5.68. The molecule has 6 heteroatoms. The maximum atomic E-state index is 4.49. The zero-order valence-electron chi connectivity index (χ0n) is 12.5. The fraction of sp³-hybridized carbons (Fsp3) is 0.625. The van der Waals surface area contributed by atoms with Gasteiger partial charge < -0.3 is 5.32 Å². The van der Waals surface area contributed by atoms with Crippen LogP contribution in [0.5, 0.6) is 0 Å². The zero-order valence-corrected chi connectivity index (χ0v) is 12.5. The van der Waals surface area contributed by atoms with E-state index in [0.717, 1.165) is 24.2 Å². The topological polar surface area (TPSA) is 68.5 Å². The Hall–Kier alpha value is -1.98. The van der Waals surface area contributed by atoms with Crippen LogP contribution in [0, 0.1) is 11.8 Å². The summed E-state index contributed by atoms with van der Waals surface area (Å²) in [6.07, 6.45) is 14.6. The van der Waals surface area contributed by atoms with E-state index in [1.54, 1.807) is 6.33 Å². The number of anilines is 1. The Morgan fingerprint density at radius 1 is 1.09 bits per heavy atom. The van der Waals surface area contributed by atoms with Crippen molar-refractivity contribution in [2.45, 2.75) is 49.6 Å². The van der Waals surface area contributed by atoms with Crippen molar-refractivity contribution in [1.29, 1.82) is 0 Å². The van der Waals surface area contributed by atoms with Crippen LogP contribution in [-0.4, -0.2) is 30.3 Å². The van der Waals surface area contributed by atoms with Crippen molar-refractivity contribution in [2.75, 3.05) is 5.32 Å². The molecule has 6 nitrogen and oxygen atoms in total. The molecule has 4 fully saturated rings. The number of rotatable bonds is 3. The summed E-state index contributed by atoms with van der Waals surface area (Å²) in [7, 11) is 0. The number of nitrogens with one attached hydrogen (secondary N) is 1. The highest BCUT2D eigenvalue weighted by molar-refractivity contribution is 5.32. The van der Waals surface area contributed by atoms with Crippen LogP contribution in [0.3, 0.4) is 0 Å². The van der Waals surface area contributed by atoms with E-state index in [9.17, 15) is 0 Å². The van der Waals surface area contributed by atoms with Gasteiger partial charge in [-0.05, 0) is 56.4 Å². The van der Waals surface area contributed by atoms with E-state index in [2.05, 4.69) is 30.0 Å². The van der Waals surface area contributed by atoms with Crippen LogP contribution in [0.15, 0.2) is 31.1 Å². The third kappa shape index (κ3) is 1.79. The van der Waals surface area contributed by atoms with Crippen molar-refractivity contribution < 1.29 is 0 Å². The van der Waals surface area contributed by atoms with Crippen LogP contribution in [-0.2, 0) is 5.54 Å². The Bertz CT molecular complexity index is 653. The Kier molecular flexibility index (Phi) is 2.44. The van der Waals surface area contributed by atoms with Gasteiger partial charge >= 0.3 is 0 Å². The average molecular weight is 296 g/mol. The van der Waals surface area contributed by atoms with Crippen LogP contribution in [0.25, 0.3) is 0 Å². The second-order valence-corrected chi connectivity index (χ2v) is 7.50. The van der Waals surface area contributed by atoms with E-state index < -0.39 is 0 Å². The molecule has 2 aromatic heterocycles. The Labute approximate surface area is 129 Å². The molecule has 2 atom stereocenters. The van der Waals surface area contributed by atoms with Crippen LogP contribution >= 0.6 is 0 Å². The number of hydrogen-bond donors (Lipinski definition) is 1. The normalized spacial score (nSPS) is 39.1. The van der Waals surface area contributed by atoms with Crippen molar-refractivity contribution in [3.8, 4) is 0 Å². The first-order valence-electron chi connectivity index (χ1n) is 8.16. The molecule has 0 radical (unpaired) electrons. The maximum absolute atomic E-state index is 4.49. The Morgan fingerprint density at radius 3 is 2.55 bits per heavy atom. The lowest BCUT2D eigenvalue weighted by Crippen LogP contribution is -2.62. The minimum Gasteiger partial charge on any atom is -0.349 e.